The van der Waals surface area contributed by atoms with Crippen LogP contribution in [0.3, 0.4) is 0 Å². The van der Waals surface area contributed by atoms with E-state index in [4.69, 9.17) is 18.9 Å². The lowest BCUT2D eigenvalue weighted by Gasteiger charge is -2.09. The number of anilines is 2. The number of hydrogen-bond donors (Lipinski definition) is 2. The van der Waals surface area contributed by atoms with Crippen LogP contribution in [0.25, 0.3) is 0 Å². The van der Waals surface area contributed by atoms with Gasteiger partial charge in [-0.15, -0.1) is 0 Å². The van der Waals surface area contributed by atoms with Gasteiger partial charge in [0.25, 0.3) is 0 Å². The summed E-state index contributed by atoms with van der Waals surface area (Å²) in [6, 6.07) is 12.8. The first-order valence-electron chi connectivity index (χ1n) is 11.9. The van der Waals surface area contributed by atoms with Gasteiger partial charge in [-0.2, -0.15) is 0 Å². The van der Waals surface area contributed by atoms with Gasteiger partial charge in [-0.25, -0.2) is 9.59 Å². The van der Waals surface area contributed by atoms with Crippen molar-refractivity contribution in [1.29, 1.82) is 0 Å². The van der Waals surface area contributed by atoms with Crippen LogP contribution >= 0.6 is 0 Å². The van der Waals surface area contributed by atoms with Crippen molar-refractivity contribution in [3.63, 3.8) is 0 Å². The van der Waals surface area contributed by atoms with Crippen molar-refractivity contribution >= 4 is 35.5 Å². The van der Waals surface area contributed by atoms with Crippen molar-refractivity contribution in [2.45, 2.75) is 52.4 Å². The highest BCUT2D eigenvalue weighted by Crippen LogP contribution is 2.17. The second kappa shape index (κ2) is 15.8. The zero-order valence-corrected chi connectivity index (χ0v) is 20.5. The van der Waals surface area contributed by atoms with Crippen LogP contribution < -0.4 is 20.1 Å². The molecule has 10 nitrogen and oxygen atoms in total. The molecule has 36 heavy (non-hydrogen) atoms. The summed E-state index contributed by atoms with van der Waals surface area (Å²) in [4.78, 5) is 46.2. The predicted molar refractivity (Wildman–Crippen MR) is 133 cm³/mol. The monoisotopic (exact) mass is 500 g/mol. The van der Waals surface area contributed by atoms with Gasteiger partial charge in [-0.1, -0.05) is 13.8 Å². The smallest absolute Gasteiger partial charge is 0.411 e. The van der Waals surface area contributed by atoms with E-state index in [1.165, 1.54) is 0 Å². The normalized spacial score (nSPS) is 10.2. The highest BCUT2D eigenvalue weighted by molar-refractivity contribution is 5.85. The maximum absolute atomic E-state index is 11.9. The van der Waals surface area contributed by atoms with E-state index in [1.54, 1.807) is 62.4 Å². The summed E-state index contributed by atoms with van der Waals surface area (Å²) < 4.78 is 20.4. The van der Waals surface area contributed by atoms with Crippen LogP contribution in [0.15, 0.2) is 48.5 Å². The fourth-order valence-corrected chi connectivity index (χ4v) is 2.82. The standard InChI is InChI=1S/C26H32N2O8/c1-3-23(29)35-21-13-9-19(10-14-21)27-25(31)33-17-7-5-6-8-18-34-26(32)28-20-11-15-22(16-12-20)36-24(30)4-2/h9-16H,3-8,17-18H2,1-2H3,(H,27,31)(H,28,32). The second-order valence-corrected chi connectivity index (χ2v) is 7.64. The third-order valence-corrected chi connectivity index (χ3v) is 4.75. The van der Waals surface area contributed by atoms with E-state index < -0.39 is 12.2 Å². The highest BCUT2D eigenvalue weighted by atomic mass is 16.6. The molecule has 2 amide bonds. The van der Waals surface area contributed by atoms with Crippen LogP contribution in [0.4, 0.5) is 21.0 Å². The van der Waals surface area contributed by atoms with Gasteiger partial charge < -0.3 is 18.9 Å². The molecule has 0 atom stereocenters. The molecule has 2 aromatic rings. The van der Waals surface area contributed by atoms with E-state index in [9.17, 15) is 19.2 Å². The molecule has 0 saturated heterocycles. The van der Waals surface area contributed by atoms with Gasteiger partial charge in [0.15, 0.2) is 0 Å². The number of amides is 2. The molecule has 0 unspecified atom stereocenters. The lowest BCUT2D eigenvalue weighted by atomic mass is 10.2. The zero-order valence-electron chi connectivity index (χ0n) is 20.5. The van der Waals surface area contributed by atoms with Crippen LogP contribution in [-0.4, -0.2) is 37.3 Å². The van der Waals surface area contributed by atoms with Crippen molar-refractivity contribution in [3.05, 3.63) is 48.5 Å². The predicted octanol–water partition coefficient (Wildman–Crippen LogP) is 5.68. The van der Waals surface area contributed by atoms with Crippen LogP contribution in [0, 0.1) is 0 Å². The Labute approximate surface area is 210 Å². The third-order valence-electron chi connectivity index (χ3n) is 4.75. The minimum absolute atomic E-state index is 0.267. The van der Waals surface area contributed by atoms with E-state index in [0.29, 0.717) is 35.7 Å². The summed E-state index contributed by atoms with van der Waals surface area (Å²) in [6.07, 6.45) is 2.42. The van der Waals surface area contributed by atoms with Crippen molar-refractivity contribution in [2.24, 2.45) is 0 Å². The van der Waals surface area contributed by atoms with E-state index in [2.05, 4.69) is 10.6 Å². The van der Waals surface area contributed by atoms with Gasteiger partial charge in [0, 0.05) is 24.2 Å². The maximum Gasteiger partial charge on any atom is 0.411 e. The largest absolute Gasteiger partial charge is 0.449 e. The summed E-state index contributed by atoms with van der Waals surface area (Å²) in [5, 5.41) is 5.21. The first kappa shape index (κ1) is 28.2. The van der Waals surface area contributed by atoms with Gasteiger partial charge >= 0.3 is 24.1 Å². The number of carbonyl (C=O) groups excluding carboxylic acids is 4. The van der Waals surface area contributed by atoms with E-state index >= 15 is 0 Å². The number of nitrogens with one attached hydrogen (secondary N) is 2. The third kappa shape index (κ3) is 11.4. The van der Waals surface area contributed by atoms with Crippen molar-refractivity contribution in [3.8, 4) is 11.5 Å². The van der Waals surface area contributed by atoms with Crippen molar-refractivity contribution in [2.75, 3.05) is 23.8 Å². The Hall–Kier alpha value is -4.08. The summed E-state index contributed by atoms with van der Waals surface area (Å²) >= 11 is 0. The SMILES string of the molecule is CCC(=O)Oc1ccc(NC(=O)OCCCCCCOC(=O)Nc2ccc(OC(=O)CC)cc2)cc1. The quantitative estimate of drug-likeness (QED) is 0.204. The highest BCUT2D eigenvalue weighted by Gasteiger charge is 2.07. The summed E-state index contributed by atoms with van der Waals surface area (Å²) in [5.41, 5.74) is 1.06. The first-order chi connectivity index (χ1) is 17.4. The number of ether oxygens (including phenoxy) is 4. The molecular weight excluding hydrogens is 468 g/mol. The summed E-state index contributed by atoms with van der Waals surface area (Å²) in [7, 11) is 0. The molecule has 2 aromatic carbocycles. The Bertz CT molecular complexity index is 909. The van der Waals surface area contributed by atoms with E-state index in [-0.39, 0.29) is 38.0 Å². The topological polar surface area (TPSA) is 129 Å². The lowest BCUT2D eigenvalue weighted by molar-refractivity contribution is -0.134. The molecule has 0 spiro atoms. The molecule has 0 bridgehead atoms. The Morgan fingerprint density at radius 1 is 0.583 bits per heavy atom. The maximum atomic E-state index is 11.9. The van der Waals surface area contributed by atoms with Gasteiger partial charge in [-0.05, 0) is 74.2 Å². The number of esters is 2. The Balaban J connectivity index is 1.50. The van der Waals surface area contributed by atoms with E-state index in [0.717, 1.165) is 12.8 Å². The molecule has 2 N–H and O–H groups in total. The Morgan fingerprint density at radius 3 is 1.28 bits per heavy atom. The van der Waals surface area contributed by atoms with Crippen molar-refractivity contribution in [1.82, 2.24) is 0 Å². The zero-order chi connectivity index (χ0) is 26.2. The average Bonchev–Trinajstić information content (AvgIpc) is 2.87. The molecule has 10 heteroatoms. The molecular formula is C26H32N2O8. The molecule has 194 valence electrons. The van der Waals surface area contributed by atoms with Gasteiger partial charge in [-0.3, -0.25) is 20.2 Å². The van der Waals surface area contributed by atoms with Crippen LogP contribution in [0.2, 0.25) is 0 Å². The van der Waals surface area contributed by atoms with Crippen LogP contribution in [0.5, 0.6) is 11.5 Å². The number of hydrogen-bond acceptors (Lipinski definition) is 8. The molecule has 0 aliphatic carbocycles. The fourth-order valence-electron chi connectivity index (χ4n) is 2.82. The molecule has 0 saturated carbocycles. The Morgan fingerprint density at radius 2 is 0.944 bits per heavy atom. The summed E-state index contributed by atoms with van der Waals surface area (Å²) in [5.74, 6) is 0.161. The molecule has 0 aliphatic heterocycles. The van der Waals surface area contributed by atoms with Gasteiger partial charge in [0.2, 0.25) is 0 Å². The molecule has 0 aliphatic rings. The van der Waals surface area contributed by atoms with E-state index in [1.807, 2.05) is 0 Å². The Kier molecular flexibility index (Phi) is 12.3. The number of unbranched alkanes of at least 4 members (excludes halogenated alkanes) is 3. The van der Waals surface area contributed by atoms with Gasteiger partial charge in [0.1, 0.15) is 11.5 Å². The van der Waals surface area contributed by atoms with Crippen LogP contribution in [0.1, 0.15) is 52.4 Å². The number of benzene rings is 2. The average molecular weight is 501 g/mol. The minimum atomic E-state index is -0.565. The molecule has 0 radical (unpaired) electrons. The molecule has 0 aromatic heterocycles. The molecule has 2 rings (SSSR count). The molecule has 0 fully saturated rings. The lowest BCUT2D eigenvalue weighted by Crippen LogP contribution is -2.15. The molecule has 0 heterocycles. The minimum Gasteiger partial charge on any atom is -0.449 e. The number of carbonyl (C=O) groups is 4. The number of rotatable bonds is 13. The van der Waals surface area contributed by atoms with Crippen molar-refractivity contribution < 1.29 is 38.1 Å². The second-order valence-electron chi connectivity index (χ2n) is 7.64. The summed E-state index contributed by atoms with van der Waals surface area (Å²) in [6.45, 7) is 3.95. The van der Waals surface area contributed by atoms with Gasteiger partial charge in [0.05, 0.1) is 13.2 Å². The van der Waals surface area contributed by atoms with Crippen LogP contribution in [-0.2, 0) is 19.1 Å². The first-order valence-corrected chi connectivity index (χ1v) is 11.9. The fraction of sp³-hybridized carbons (Fsp3) is 0.385.